The fraction of sp³-hybridized carbons (Fsp3) is 0.278. The van der Waals surface area contributed by atoms with Crippen LogP contribution in [-0.4, -0.2) is 48.0 Å². The predicted molar refractivity (Wildman–Crippen MR) is 97.3 cm³/mol. The maximum absolute atomic E-state index is 13.6. The Labute approximate surface area is 168 Å². The number of carbonyl (C=O) groups is 2. The van der Waals surface area contributed by atoms with E-state index in [1.165, 1.54) is 23.1 Å². The third-order valence-corrected chi connectivity index (χ3v) is 4.63. The summed E-state index contributed by atoms with van der Waals surface area (Å²) in [6, 6.07) is 5.38. The van der Waals surface area contributed by atoms with Crippen LogP contribution in [0.1, 0.15) is 15.9 Å². The first kappa shape index (κ1) is 20.8. The van der Waals surface area contributed by atoms with Crippen LogP contribution in [0.2, 0.25) is 5.02 Å². The molecule has 0 saturated carbocycles. The standard InChI is InChI=1S/C18H15ClF4N4O2/c19-13-9-11(18(21,22)23)10-24-15(13)26-5-7-27(8-6-26)17(29)25-16(28)12-3-1-2-4-14(12)20/h1-4,9-10H,5-8H2,(H,25,28,29). The van der Waals surface area contributed by atoms with Crippen LogP contribution in [0.25, 0.3) is 0 Å². The first-order valence-electron chi connectivity index (χ1n) is 8.49. The number of urea groups is 1. The van der Waals surface area contributed by atoms with Gasteiger partial charge in [-0.25, -0.2) is 14.2 Å². The lowest BCUT2D eigenvalue weighted by molar-refractivity contribution is -0.137. The number of hydrogen-bond acceptors (Lipinski definition) is 4. The lowest BCUT2D eigenvalue weighted by atomic mass is 10.2. The van der Waals surface area contributed by atoms with E-state index in [1.807, 2.05) is 0 Å². The summed E-state index contributed by atoms with van der Waals surface area (Å²) >= 11 is 5.94. The molecule has 29 heavy (non-hydrogen) atoms. The van der Waals surface area contributed by atoms with E-state index in [-0.39, 0.29) is 42.6 Å². The summed E-state index contributed by atoms with van der Waals surface area (Å²) in [5.74, 6) is -1.42. The maximum Gasteiger partial charge on any atom is 0.417 e. The van der Waals surface area contributed by atoms with Gasteiger partial charge in [0.15, 0.2) is 0 Å². The molecule has 1 aromatic carbocycles. The number of pyridine rings is 1. The van der Waals surface area contributed by atoms with Crippen LogP contribution in [0.4, 0.5) is 28.2 Å². The number of rotatable bonds is 2. The van der Waals surface area contributed by atoms with Gasteiger partial charge in [-0.1, -0.05) is 23.7 Å². The van der Waals surface area contributed by atoms with Crippen LogP contribution in [-0.2, 0) is 6.18 Å². The fourth-order valence-corrected chi connectivity index (χ4v) is 3.11. The normalized spacial score (nSPS) is 14.7. The lowest BCUT2D eigenvalue weighted by Gasteiger charge is -2.35. The Bertz CT molecular complexity index is 930. The molecule has 6 nitrogen and oxygen atoms in total. The second-order valence-electron chi connectivity index (χ2n) is 6.24. The van der Waals surface area contributed by atoms with E-state index in [9.17, 15) is 27.2 Å². The van der Waals surface area contributed by atoms with Crippen molar-refractivity contribution < 1.29 is 27.2 Å². The minimum absolute atomic E-state index is 0.146. The van der Waals surface area contributed by atoms with E-state index in [2.05, 4.69) is 10.3 Å². The molecule has 3 amide bonds. The number of halogens is 5. The monoisotopic (exact) mass is 430 g/mol. The molecule has 11 heteroatoms. The number of anilines is 1. The number of hydrogen-bond donors (Lipinski definition) is 1. The summed E-state index contributed by atoms with van der Waals surface area (Å²) < 4.78 is 51.8. The molecule has 1 aliphatic rings. The Morgan fingerprint density at radius 2 is 1.76 bits per heavy atom. The molecule has 0 unspecified atom stereocenters. The molecule has 154 valence electrons. The van der Waals surface area contributed by atoms with Gasteiger partial charge in [-0.2, -0.15) is 13.2 Å². The quantitative estimate of drug-likeness (QED) is 0.740. The zero-order chi connectivity index (χ0) is 21.2. The Morgan fingerprint density at radius 3 is 2.34 bits per heavy atom. The van der Waals surface area contributed by atoms with Gasteiger partial charge < -0.3 is 9.80 Å². The second-order valence-corrected chi connectivity index (χ2v) is 6.65. The first-order valence-corrected chi connectivity index (χ1v) is 8.87. The van der Waals surface area contributed by atoms with Crippen molar-refractivity contribution in [3.63, 3.8) is 0 Å². The van der Waals surface area contributed by atoms with Gasteiger partial charge in [-0.05, 0) is 18.2 Å². The van der Waals surface area contributed by atoms with Crippen molar-refractivity contribution >= 4 is 29.4 Å². The molecule has 0 radical (unpaired) electrons. The molecule has 0 bridgehead atoms. The van der Waals surface area contributed by atoms with E-state index in [0.29, 0.717) is 6.20 Å². The SMILES string of the molecule is O=C(NC(=O)N1CCN(c2ncc(C(F)(F)F)cc2Cl)CC1)c1ccccc1F. The van der Waals surface area contributed by atoms with Crippen LogP contribution in [0.3, 0.4) is 0 Å². The van der Waals surface area contributed by atoms with Gasteiger partial charge in [0.05, 0.1) is 16.1 Å². The van der Waals surface area contributed by atoms with Gasteiger partial charge in [-0.15, -0.1) is 0 Å². The summed E-state index contributed by atoms with van der Waals surface area (Å²) in [6.45, 7) is 0.851. The molecular formula is C18H15ClF4N4O2. The Kier molecular flexibility index (Phi) is 5.92. The highest BCUT2D eigenvalue weighted by molar-refractivity contribution is 6.33. The molecule has 0 spiro atoms. The number of imide groups is 1. The summed E-state index contributed by atoms with van der Waals surface area (Å²) in [5.41, 5.74) is -1.20. The highest BCUT2D eigenvalue weighted by Gasteiger charge is 2.32. The van der Waals surface area contributed by atoms with Gasteiger partial charge in [0, 0.05) is 32.4 Å². The van der Waals surface area contributed by atoms with Crippen molar-refractivity contribution in [3.05, 3.63) is 58.5 Å². The third kappa shape index (κ3) is 4.76. The fourth-order valence-electron chi connectivity index (χ4n) is 2.83. The molecular weight excluding hydrogens is 416 g/mol. The number of benzene rings is 1. The molecule has 3 rings (SSSR count). The minimum Gasteiger partial charge on any atom is -0.352 e. The average Bonchev–Trinajstić information content (AvgIpc) is 2.67. The molecule has 2 heterocycles. The lowest BCUT2D eigenvalue weighted by Crippen LogP contribution is -2.53. The van der Waals surface area contributed by atoms with Gasteiger partial charge in [-0.3, -0.25) is 10.1 Å². The van der Waals surface area contributed by atoms with Gasteiger partial charge in [0.25, 0.3) is 5.91 Å². The van der Waals surface area contributed by atoms with E-state index in [4.69, 9.17) is 11.6 Å². The predicted octanol–water partition coefficient (Wildman–Crippen LogP) is 3.56. The van der Waals surface area contributed by atoms with E-state index in [1.54, 1.807) is 4.90 Å². The number of piperazine rings is 1. The molecule has 1 saturated heterocycles. The van der Waals surface area contributed by atoms with Gasteiger partial charge in [0.1, 0.15) is 11.6 Å². The van der Waals surface area contributed by atoms with Crippen LogP contribution >= 0.6 is 11.6 Å². The number of alkyl halides is 3. The molecule has 1 fully saturated rings. The second kappa shape index (κ2) is 8.24. The minimum atomic E-state index is -4.54. The summed E-state index contributed by atoms with van der Waals surface area (Å²) in [6.07, 6.45) is -3.84. The van der Waals surface area contributed by atoms with E-state index >= 15 is 0 Å². The Morgan fingerprint density at radius 1 is 1.10 bits per heavy atom. The number of nitrogens with one attached hydrogen (secondary N) is 1. The van der Waals surface area contributed by atoms with Crippen molar-refractivity contribution in [2.24, 2.45) is 0 Å². The van der Waals surface area contributed by atoms with Crippen LogP contribution in [0.15, 0.2) is 36.5 Å². The van der Waals surface area contributed by atoms with Gasteiger partial charge >= 0.3 is 12.2 Å². The topological polar surface area (TPSA) is 65.5 Å². The van der Waals surface area contributed by atoms with Crippen LogP contribution < -0.4 is 10.2 Å². The molecule has 1 aromatic heterocycles. The van der Waals surface area contributed by atoms with Gasteiger partial charge in [0.2, 0.25) is 0 Å². The average molecular weight is 431 g/mol. The van der Waals surface area contributed by atoms with Crippen LogP contribution in [0, 0.1) is 5.82 Å². The molecule has 1 N–H and O–H groups in total. The zero-order valence-corrected chi connectivity index (χ0v) is 15.6. The van der Waals surface area contributed by atoms with Crippen molar-refractivity contribution in [1.82, 2.24) is 15.2 Å². The third-order valence-electron chi connectivity index (χ3n) is 4.35. The van der Waals surface area contributed by atoms with Crippen molar-refractivity contribution in [3.8, 4) is 0 Å². The first-order chi connectivity index (χ1) is 13.7. The number of aromatic nitrogens is 1. The van der Waals surface area contributed by atoms with Crippen molar-refractivity contribution in [2.75, 3.05) is 31.1 Å². The molecule has 0 atom stereocenters. The summed E-state index contributed by atoms with van der Waals surface area (Å²) in [7, 11) is 0. The summed E-state index contributed by atoms with van der Waals surface area (Å²) in [5, 5.41) is 1.97. The molecule has 0 aliphatic carbocycles. The maximum atomic E-state index is 13.6. The van der Waals surface area contributed by atoms with Crippen molar-refractivity contribution in [2.45, 2.75) is 6.18 Å². The Hall–Kier alpha value is -2.88. The summed E-state index contributed by atoms with van der Waals surface area (Å²) in [4.78, 5) is 31.1. The largest absolute Gasteiger partial charge is 0.417 e. The van der Waals surface area contributed by atoms with Crippen molar-refractivity contribution in [1.29, 1.82) is 0 Å². The van der Waals surface area contributed by atoms with E-state index < -0.39 is 29.5 Å². The zero-order valence-electron chi connectivity index (χ0n) is 14.8. The number of nitrogens with zero attached hydrogens (tertiary/aromatic N) is 3. The highest BCUT2D eigenvalue weighted by atomic mass is 35.5. The Balaban J connectivity index is 1.60. The number of carbonyl (C=O) groups excluding carboxylic acids is 2. The number of amides is 3. The van der Waals surface area contributed by atoms with E-state index in [0.717, 1.165) is 12.1 Å². The highest BCUT2D eigenvalue weighted by Crippen LogP contribution is 2.33. The van der Waals surface area contributed by atoms with Crippen LogP contribution in [0.5, 0.6) is 0 Å². The smallest absolute Gasteiger partial charge is 0.352 e. The molecule has 2 aromatic rings. The molecule has 1 aliphatic heterocycles.